The van der Waals surface area contributed by atoms with Crippen LogP contribution in [0.15, 0.2) is 78.0 Å². The molecule has 6 heteroatoms. The summed E-state index contributed by atoms with van der Waals surface area (Å²) in [6.45, 7) is 6.42. The van der Waals surface area contributed by atoms with Crippen LogP contribution in [0.5, 0.6) is 0 Å². The Kier molecular flexibility index (Phi) is 9.00. The number of hydrogen-bond acceptors (Lipinski definition) is 2. The van der Waals surface area contributed by atoms with Crippen molar-refractivity contribution in [2.75, 3.05) is 6.54 Å². The summed E-state index contributed by atoms with van der Waals surface area (Å²) in [7, 11) is 0. The molecule has 1 aromatic heterocycles. The van der Waals surface area contributed by atoms with Crippen LogP contribution in [0.2, 0.25) is 0 Å². The van der Waals surface area contributed by atoms with Gasteiger partial charge in [0.15, 0.2) is 5.96 Å². The first kappa shape index (κ1) is 21.9. The number of rotatable bonds is 7. The lowest BCUT2D eigenvalue weighted by atomic mass is 10.1. The maximum Gasteiger partial charge on any atom is 0.192 e. The summed E-state index contributed by atoms with van der Waals surface area (Å²) in [6, 6.07) is 20.9. The molecule has 0 aliphatic carbocycles. The molecule has 1 unspecified atom stereocenters. The zero-order valence-corrected chi connectivity index (χ0v) is 18.7. The van der Waals surface area contributed by atoms with Crippen molar-refractivity contribution in [3.05, 3.63) is 89.7 Å². The van der Waals surface area contributed by atoms with Gasteiger partial charge in [-0.25, -0.2) is 4.99 Å². The third-order valence-corrected chi connectivity index (χ3v) is 4.41. The van der Waals surface area contributed by atoms with Gasteiger partial charge in [0, 0.05) is 18.9 Å². The van der Waals surface area contributed by atoms with Crippen molar-refractivity contribution in [3.8, 4) is 0 Å². The summed E-state index contributed by atoms with van der Waals surface area (Å²) in [5.41, 5.74) is 3.68. The van der Waals surface area contributed by atoms with Gasteiger partial charge in [0.05, 0.1) is 19.1 Å². The fourth-order valence-corrected chi connectivity index (χ4v) is 2.95. The topological polar surface area (TPSA) is 54.2 Å². The normalized spacial score (nSPS) is 12.1. The molecule has 0 saturated carbocycles. The average Bonchev–Trinajstić information content (AvgIpc) is 3.21. The second kappa shape index (κ2) is 11.5. The molecule has 3 aromatic rings. The second-order valence-electron chi connectivity index (χ2n) is 6.44. The Labute approximate surface area is 184 Å². The maximum absolute atomic E-state index is 4.80. The van der Waals surface area contributed by atoms with Crippen molar-refractivity contribution >= 4 is 29.9 Å². The highest BCUT2D eigenvalue weighted by Gasteiger charge is 2.08. The fraction of sp³-hybridized carbons (Fsp3) is 0.273. The van der Waals surface area contributed by atoms with E-state index in [0.717, 1.165) is 19.0 Å². The molecule has 2 N–H and O–H groups in total. The quantitative estimate of drug-likeness (QED) is 0.295. The van der Waals surface area contributed by atoms with Crippen molar-refractivity contribution in [1.82, 2.24) is 20.4 Å². The Balaban J connectivity index is 0.00000280. The van der Waals surface area contributed by atoms with E-state index in [1.165, 1.54) is 16.7 Å². The molecule has 5 nitrogen and oxygen atoms in total. The van der Waals surface area contributed by atoms with Gasteiger partial charge < -0.3 is 10.6 Å². The van der Waals surface area contributed by atoms with Gasteiger partial charge in [-0.1, -0.05) is 54.6 Å². The van der Waals surface area contributed by atoms with Gasteiger partial charge in [-0.15, -0.1) is 24.0 Å². The standard InChI is InChI=1S/C22H27N5.HI/c1-3-23-22(26-18(2)19-10-5-4-6-11-19)24-16-20-12-7-8-13-21(20)17-27-15-9-14-25-27;/h4-15,18H,3,16-17H2,1-2H3,(H2,23,24,26);1H. The summed E-state index contributed by atoms with van der Waals surface area (Å²) in [6.07, 6.45) is 3.78. The fourth-order valence-electron chi connectivity index (χ4n) is 2.95. The number of guanidine groups is 1. The number of aliphatic imine (C=N–C) groups is 1. The minimum atomic E-state index is 0. The number of nitrogens with one attached hydrogen (secondary N) is 2. The zero-order valence-electron chi connectivity index (χ0n) is 16.4. The molecule has 1 atom stereocenters. The van der Waals surface area contributed by atoms with Gasteiger partial charge >= 0.3 is 0 Å². The third kappa shape index (κ3) is 6.37. The molecule has 0 aliphatic heterocycles. The van der Waals surface area contributed by atoms with E-state index in [1.807, 2.05) is 23.0 Å². The Morgan fingerprint density at radius 3 is 2.43 bits per heavy atom. The van der Waals surface area contributed by atoms with Crippen LogP contribution in [0.1, 0.15) is 36.6 Å². The molecular formula is C22H28IN5. The Morgan fingerprint density at radius 2 is 1.75 bits per heavy atom. The summed E-state index contributed by atoms with van der Waals surface area (Å²) >= 11 is 0. The largest absolute Gasteiger partial charge is 0.357 e. The summed E-state index contributed by atoms with van der Waals surface area (Å²) < 4.78 is 1.93. The summed E-state index contributed by atoms with van der Waals surface area (Å²) in [5.74, 6) is 0.822. The van der Waals surface area contributed by atoms with E-state index in [9.17, 15) is 0 Å². The highest BCUT2D eigenvalue weighted by Crippen LogP contribution is 2.13. The monoisotopic (exact) mass is 489 g/mol. The van der Waals surface area contributed by atoms with E-state index in [4.69, 9.17) is 4.99 Å². The SMILES string of the molecule is CCNC(=NCc1ccccc1Cn1cccn1)NC(C)c1ccccc1.I. The molecule has 2 aromatic carbocycles. The first-order chi connectivity index (χ1) is 13.3. The van der Waals surface area contributed by atoms with Crippen LogP contribution in [0.3, 0.4) is 0 Å². The Bertz CT molecular complexity index is 846. The zero-order chi connectivity index (χ0) is 18.9. The minimum Gasteiger partial charge on any atom is -0.357 e. The van der Waals surface area contributed by atoms with Gasteiger partial charge in [0.25, 0.3) is 0 Å². The van der Waals surface area contributed by atoms with Crippen LogP contribution >= 0.6 is 24.0 Å². The molecule has 0 saturated heterocycles. The first-order valence-corrected chi connectivity index (χ1v) is 9.40. The molecule has 0 radical (unpaired) electrons. The van der Waals surface area contributed by atoms with Crippen molar-refractivity contribution < 1.29 is 0 Å². The number of hydrogen-bond donors (Lipinski definition) is 2. The van der Waals surface area contributed by atoms with Crippen molar-refractivity contribution in [1.29, 1.82) is 0 Å². The molecule has 3 rings (SSSR count). The van der Waals surface area contributed by atoms with Gasteiger partial charge in [-0.3, -0.25) is 4.68 Å². The van der Waals surface area contributed by atoms with E-state index in [0.29, 0.717) is 6.54 Å². The smallest absolute Gasteiger partial charge is 0.192 e. The van der Waals surface area contributed by atoms with E-state index in [-0.39, 0.29) is 30.0 Å². The van der Waals surface area contributed by atoms with Crippen molar-refractivity contribution in [2.45, 2.75) is 33.0 Å². The van der Waals surface area contributed by atoms with E-state index < -0.39 is 0 Å². The van der Waals surface area contributed by atoms with Gasteiger partial charge in [-0.05, 0) is 36.6 Å². The van der Waals surface area contributed by atoms with E-state index in [2.05, 4.69) is 78.1 Å². The summed E-state index contributed by atoms with van der Waals surface area (Å²) in [4.78, 5) is 4.80. The lowest BCUT2D eigenvalue weighted by molar-refractivity contribution is 0.676. The van der Waals surface area contributed by atoms with Crippen LogP contribution < -0.4 is 10.6 Å². The molecule has 0 bridgehead atoms. The van der Waals surface area contributed by atoms with E-state index >= 15 is 0 Å². The maximum atomic E-state index is 4.80. The minimum absolute atomic E-state index is 0. The molecule has 0 spiro atoms. The number of halogens is 1. The number of nitrogens with zero attached hydrogens (tertiary/aromatic N) is 3. The molecule has 0 amide bonds. The van der Waals surface area contributed by atoms with Crippen LogP contribution in [0.4, 0.5) is 0 Å². The Hall–Kier alpha value is -2.35. The van der Waals surface area contributed by atoms with E-state index in [1.54, 1.807) is 6.20 Å². The molecule has 0 aliphatic rings. The van der Waals surface area contributed by atoms with Crippen LogP contribution in [0, 0.1) is 0 Å². The van der Waals surface area contributed by atoms with Crippen LogP contribution in [0.25, 0.3) is 0 Å². The predicted octanol–water partition coefficient (Wildman–Crippen LogP) is 4.37. The van der Waals surface area contributed by atoms with Crippen LogP contribution in [-0.4, -0.2) is 22.3 Å². The lowest BCUT2D eigenvalue weighted by Gasteiger charge is -2.18. The molecule has 1 heterocycles. The highest BCUT2D eigenvalue weighted by atomic mass is 127. The highest BCUT2D eigenvalue weighted by molar-refractivity contribution is 14.0. The second-order valence-corrected chi connectivity index (χ2v) is 6.44. The molecule has 0 fully saturated rings. The molecule has 148 valence electrons. The van der Waals surface area contributed by atoms with Crippen molar-refractivity contribution in [2.24, 2.45) is 4.99 Å². The summed E-state index contributed by atoms with van der Waals surface area (Å²) in [5, 5.41) is 11.1. The lowest BCUT2D eigenvalue weighted by Crippen LogP contribution is -2.38. The van der Waals surface area contributed by atoms with Crippen molar-refractivity contribution in [3.63, 3.8) is 0 Å². The third-order valence-electron chi connectivity index (χ3n) is 4.41. The first-order valence-electron chi connectivity index (χ1n) is 9.40. The average molecular weight is 489 g/mol. The van der Waals surface area contributed by atoms with Gasteiger partial charge in [-0.2, -0.15) is 5.10 Å². The van der Waals surface area contributed by atoms with Crippen LogP contribution in [-0.2, 0) is 13.1 Å². The van der Waals surface area contributed by atoms with Gasteiger partial charge in [0.1, 0.15) is 0 Å². The number of benzene rings is 2. The molecular weight excluding hydrogens is 461 g/mol. The predicted molar refractivity (Wildman–Crippen MR) is 126 cm³/mol. The number of aromatic nitrogens is 2. The molecule has 28 heavy (non-hydrogen) atoms. The Morgan fingerprint density at radius 1 is 1.04 bits per heavy atom. The van der Waals surface area contributed by atoms with Gasteiger partial charge in [0.2, 0.25) is 0 Å².